The molecule has 2 nitrogen and oxygen atoms in total. The van der Waals surface area contributed by atoms with Crippen LogP contribution in [0.1, 0.15) is 12.0 Å². The van der Waals surface area contributed by atoms with E-state index in [4.69, 9.17) is 16.3 Å². The molecule has 0 aliphatic carbocycles. The van der Waals surface area contributed by atoms with Crippen molar-refractivity contribution >= 4 is 11.6 Å². The van der Waals surface area contributed by atoms with Gasteiger partial charge >= 0.3 is 0 Å². The molecule has 0 saturated carbocycles. The minimum atomic E-state index is 0.553. The van der Waals surface area contributed by atoms with Crippen LogP contribution in [-0.4, -0.2) is 19.2 Å². The van der Waals surface area contributed by atoms with Crippen LogP contribution in [0.4, 0.5) is 0 Å². The van der Waals surface area contributed by atoms with Crippen molar-refractivity contribution in [1.82, 2.24) is 5.32 Å². The smallest absolute Gasteiger partial charge is 0.0732 e. The van der Waals surface area contributed by atoms with Gasteiger partial charge in [0, 0.05) is 11.1 Å². The van der Waals surface area contributed by atoms with Crippen LogP contribution in [0.15, 0.2) is 24.3 Å². The summed E-state index contributed by atoms with van der Waals surface area (Å²) >= 11 is 5.99. The van der Waals surface area contributed by atoms with Crippen LogP contribution in [0.25, 0.3) is 0 Å². The monoisotopic (exact) mass is 211 g/mol. The van der Waals surface area contributed by atoms with E-state index in [0.717, 1.165) is 23.7 Å². The fourth-order valence-corrected chi connectivity index (χ4v) is 1.61. The molecule has 1 aromatic carbocycles. The third-order valence-electron chi connectivity index (χ3n) is 2.46. The molecular weight excluding hydrogens is 198 g/mol. The van der Waals surface area contributed by atoms with Gasteiger partial charge in [-0.25, -0.2) is 0 Å². The Bertz CT molecular complexity index is 299. The van der Waals surface area contributed by atoms with Crippen molar-refractivity contribution in [3.8, 4) is 0 Å². The van der Waals surface area contributed by atoms with E-state index in [9.17, 15) is 0 Å². The summed E-state index contributed by atoms with van der Waals surface area (Å²) in [6.07, 6.45) is 1.22. The summed E-state index contributed by atoms with van der Waals surface area (Å²) in [6, 6.07) is 8.35. The van der Waals surface area contributed by atoms with Gasteiger partial charge in [0.25, 0.3) is 0 Å². The summed E-state index contributed by atoms with van der Waals surface area (Å²) in [7, 11) is 0. The third-order valence-corrected chi connectivity index (χ3v) is 2.83. The summed E-state index contributed by atoms with van der Waals surface area (Å²) in [5, 5.41) is 4.07. The fraction of sp³-hybridized carbons (Fsp3) is 0.455. The molecule has 1 N–H and O–H groups in total. The molecule has 76 valence electrons. The van der Waals surface area contributed by atoms with Crippen LogP contribution >= 0.6 is 11.6 Å². The van der Waals surface area contributed by atoms with Gasteiger partial charge in [-0.3, -0.25) is 0 Å². The van der Waals surface area contributed by atoms with Gasteiger partial charge in [0.05, 0.1) is 13.2 Å². The number of benzene rings is 1. The Morgan fingerprint density at radius 3 is 2.86 bits per heavy atom. The first kappa shape index (κ1) is 9.97. The largest absolute Gasteiger partial charge is 0.375 e. The van der Waals surface area contributed by atoms with Gasteiger partial charge in [-0.05, 0) is 24.6 Å². The van der Waals surface area contributed by atoms with Crippen molar-refractivity contribution in [2.45, 2.75) is 19.1 Å². The SMILES string of the molecule is Clc1ccccc1COCC1CCN1. The fourth-order valence-electron chi connectivity index (χ4n) is 1.42. The molecule has 1 unspecified atom stereocenters. The Morgan fingerprint density at radius 2 is 2.21 bits per heavy atom. The van der Waals surface area contributed by atoms with E-state index in [1.807, 2.05) is 24.3 Å². The molecule has 1 aromatic rings. The van der Waals surface area contributed by atoms with E-state index in [1.54, 1.807) is 0 Å². The average Bonchev–Trinajstić information content (AvgIpc) is 2.12. The Balaban J connectivity index is 1.76. The van der Waals surface area contributed by atoms with Crippen LogP contribution < -0.4 is 5.32 Å². The van der Waals surface area contributed by atoms with E-state index in [0.29, 0.717) is 12.6 Å². The minimum Gasteiger partial charge on any atom is -0.375 e. The highest BCUT2D eigenvalue weighted by atomic mass is 35.5. The standard InChI is InChI=1S/C11H14ClNO/c12-11-4-2-1-3-9(11)7-14-8-10-5-6-13-10/h1-4,10,13H,5-8H2. The van der Waals surface area contributed by atoms with Crippen LogP contribution in [0.2, 0.25) is 5.02 Å². The highest BCUT2D eigenvalue weighted by molar-refractivity contribution is 6.31. The number of hydrogen-bond donors (Lipinski definition) is 1. The van der Waals surface area contributed by atoms with Gasteiger partial charge in [0.2, 0.25) is 0 Å². The second kappa shape index (κ2) is 4.78. The summed E-state index contributed by atoms with van der Waals surface area (Å²) < 4.78 is 5.56. The Kier molecular flexibility index (Phi) is 3.40. The lowest BCUT2D eigenvalue weighted by atomic mass is 10.1. The Hall–Kier alpha value is -0.570. The maximum atomic E-state index is 5.99. The Morgan fingerprint density at radius 1 is 1.43 bits per heavy atom. The number of halogens is 1. The third kappa shape index (κ3) is 2.47. The molecule has 0 aromatic heterocycles. The molecule has 3 heteroatoms. The minimum absolute atomic E-state index is 0.553. The zero-order chi connectivity index (χ0) is 9.80. The average molecular weight is 212 g/mol. The molecule has 1 saturated heterocycles. The molecule has 0 amide bonds. The van der Waals surface area contributed by atoms with E-state index in [-0.39, 0.29) is 0 Å². The topological polar surface area (TPSA) is 21.3 Å². The molecule has 1 aliphatic rings. The first-order valence-corrected chi connectivity index (χ1v) is 5.28. The Labute approximate surface area is 89.2 Å². The lowest BCUT2D eigenvalue weighted by Gasteiger charge is -2.27. The highest BCUT2D eigenvalue weighted by Crippen LogP contribution is 2.16. The predicted octanol–water partition coefficient (Wildman–Crippen LogP) is 2.22. The molecule has 2 rings (SSSR count). The number of nitrogens with one attached hydrogen (secondary N) is 1. The van der Waals surface area contributed by atoms with E-state index in [2.05, 4.69) is 5.32 Å². The van der Waals surface area contributed by atoms with Gasteiger partial charge in [0.1, 0.15) is 0 Å². The normalized spacial score (nSPS) is 20.5. The second-order valence-electron chi connectivity index (χ2n) is 3.55. The van der Waals surface area contributed by atoms with E-state index < -0.39 is 0 Å². The zero-order valence-corrected chi connectivity index (χ0v) is 8.76. The molecule has 1 fully saturated rings. The molecule has 1 atom stereocenters. The molecule has 1 aliphatic heterocycles. The van der Waals surface area contributed by atoms with E-state index >= 15 is 0 Å². The second-order valence-corrected chi connectivity index (χ2v) is 3.95. The van der Waals surface area contributed by atoms with Crippen molar-refractivity contribution in [3.05, 3.63) is 34.9 Å². The number of ether oxygens (including phenoxy) is 1. The lowest BCUT2D eigenvalue weighted by Crippen LogP contribution is -2.45. The van der Waals surface area contributed by atoms with Crippen LogP contribution in [0.3, 0.4) is 0 Å². The van der Waals surface area contributed by atoms with Crippen molar-refractivity contribution in [2.75, 3.05) is 13.2 Å². The maximum absolute atomic E-state index is 5.99. The van der Waals surface area contributed by atoms with Crippen molar-refractivity contribution < 1.29 is 4.74 Å². The zero-order valence-electron chi connectivity index (χ0n) is 8.00. The molecule has 0 bridgehead atoms. The first-order valence-electron chi connectivity index (χ1n) is 4.91. The molecular formula is C11H14ClNO. The van der Waals surface area contributed by atoms with Gasteiger partial charge in [-0.15, -0.1) is 0 Å². The summed E-state index contributed by atoms with van der Waals surface area (Å²) in [4.78, 5) is 0. The molecule has 1 heterocycles. The number of rotatable bonds is 4. The summed E-state index contributed by atoms with van der Waals surface area (Å²) in [6.45, 7) is 2.52. The molecule has 0 spiro atoms. The van der Waals surface area contributed by atoms with Crippen molar-refractivity contribution in [1.29, 1.82) is 0 Å². The summed E-state index contributed by atoms with van der Waals surface area (Å²) in [5.41, 5.74) is 1.06. The van der Waals surface area contributed by atoms with Crippen molar-refractivity contribution in [3.63, 3.8) is 0 Å². The molecule has 14 heavy (non-hydrogen) atoms. The van der Waals surface area contributed by atoms with Crippen LogP contribution in [0.5, 0.6) is 0 Å². The lowest BCUT2D eigenvalue weighted by molar-refractivity contribution is 0.0808. The first-order chi connectivity index (χ1) is 6.86. The van der Waals surface area contributed by atoms with Gasteiger partial charge in [-0.1, -0.05) is 29.8 Å². The van der Waals surface area contributed by atoms with Gasteiger partial charge < -0.3 is 10.1 Å². The number of hydrogen-bond acceptors (Lipinski definition) is 2. The highest BCUT2D eigenvalue weighted by Gasteiger charge is 2.15. The van der Waals surface area contributed by atoms with Crippen LogP contribution in [-0.2, 0) is 11.3 Å². The maximum Gasteiger partial charge on any atom is 0.0732 e. The summed E-state index contributed by atoms with van der Waals surface area (Å²) in [5.74, 6) is 0. The van der Waals surface area contributed by atoms with Crippen molar-refractivity contribution in [2.24, 2.45) is 0 Å². The predicted molar refractivity (Wildman–Crippen MR) is 57.5 cm³/mol. The van der Waals surface area contributed by atoms with Crippen LogP contribution in [0, 0.1) is 0 Å². The van der Waals surface area contributed by atoms with Gasteiger partial charge in [0.15, 0.2) is 0 Å². The molecule has 0 radical (unpaired) electrons. The van der Waals surface area contributed by atoms with E-state index in [1.165, 1.54) is 6.42 Å². The van der Waals surface area contributed by atoms with Gasteiger partial charge in [-0.2, -0.15) is 0 Å². The quantitative estimate of drug-likeness (QED) is 0.825.